The van der Waals surface area contributed by atoms with Crippen molar-refractivity contribution in [2.45, 2.75) is 52.7 Å². The number of benzene rings is 1. The number of ether oxygens (including phenoxy) is 2. The highest BCUT2D eigenvalue weighted by atomic mass is 31.2. The molecule has 0 aliphatic carbocycles. The predicted molar refractivity (Wildman–Crippen MR) is 125 cm³/mol. The summed E-state index contributed by atoms with van der Waals surface area (Å²) in [5.74, 6) is -1.88. The maximum absolute atomic E-state index is 13.4. The Balaban J connectivity index is 2.00. The Bertz CT molecular complexity index is 890. The van der Waals surface area contributed by atoms with Gasteiger partial charge in [-0.2, -0.15) is 0 Å². The van der Waals surface area contributed by atoms with E-state index < -0.39 is 43.2 Å². The van der Waals surface area contributed by atoms with Crippen LogP contribution in [0.4, 0.5) is 0 Å². The Morgan fingerprint density at radius 2 is 1.88 bits per heavy atom. The fraction of sp³-hybridized carbons (Fsp3) is 0.609. The standard InChI is InChI=1S/C23H35N2O8P/c1-16(2)19(22(28)31-14-12-17-9-7-6-8-10-17)25-34(29)32-15-23(3,4)20(33-34)21(27)24-13-11-18(26)30-5/h6-10,16,19-20H,11-15H2,1-5H3,(H,24,27)(H,25,29)/t19-,20-,34?/m0/s1. The molecule has 190 valence electrons. The quantitative estimate of drug-likeness (QED) is 0.349. The molecular formula is C23H35N2O8P. The van der Waals surface area contributed by atoms with E-state index in [1.165, 1.54) is 7.11 Å². The molecule has 0 saturated carbocycles. The number of hydrogen-bond donors (Lipinski definition) is 2. The van der Waals surface area contributed by atoms with Gasteiger partial charge in [0.1, 0.15) is 6.04 Å². The van der Waals surface area contributed by atoms with Gasteiger partial charge in [0.25, 0.3) is 0 Å². The maximum atomic E-state index is 13.4. The molecule has 11 heteroatoms. The van der Waals surface area contributed by atoms with Crippen molar-refractivity contribution >= 4 is 25.6 Å². The first kappa shape index (κ1) is 28.0. The fourth-order valence-corrected chi connectivity index (χ4v) is 5.34. The Hall–Kier alpha value is -2.26. The van der Waals surface area contributed by atoms with Gasteiger partial charge < -0.3 is 14.8 Å². The maximum Gasteiger partial charge on any atom is 0.407 e. The lowest BCUT2D eigenvalue weighted by atomic mass is 9.87. The molecule has 0 bridgehead atoms. The van der Waals surface area contributed by atoms with E-state index in [2.05, 4.69) is 15.1 Å². The van der Waals surface area contributed by atoms with Gasteiger partial charge in [-0.25, -0.2) is 9.65 Å². The zero-order valence-corrected chi connectivity index (χ0v) is 21.3. The van der Waals surface area contributed by atoms with Crippen molar-refractivity contribution in [2.75, 3.05) is 26.9 Å². The minimum Gasteiger partial charge on any atom is -0.469 e. The van der Waals surface area contributed by atoms with Gasteiger partial charge in [0, 0.05) is 18.4 Å². The molecule has 0 radical (unpaired) electrons. The molecule has 1 aromatic rings. The van der Waals surface area contributed by atoms with Crippen LogP contribution in [0.15, 0.2) is 30.3 Å². The van der Waals surface area contributed by atoms with Crippen molar-refractivity contribution in [3.63, 3.8) is 0 Å². The Morgan fingerprint density at radius 3 is 2.50 bits per heavy atom. The second-order valence-corrected chi connectivity index (χ2v) is 10.8. The van der Waals surface area contributed by atoms with Crippen LogP contribution in [0.2, 0.25) is 0 Å². The van der Waals surface area contributed by atoms with Gasteiger partial charge in [-0.05, 0) is 11.5 Å². The van der Waals surface area contributed by atoms with Gasteiger partial charge in [0.15, 0.2) is 6.10 Å². The number of rotatable bonds is 11. The summed E-state index contributed by atoms with van der Waals surface area (Å²) in [6, 6.07) is 8.62. The highest BCUT2D eigenvalue weighted by molar-refractivity contribution is 7.51. The van der Waals surface area contributed by atoms with Gasteiger partial charge >= 0.3 is 19.7 Å². The molecule has 34 heavy (non-hydrogen) atoms. The van der Waals surface area contributed by atoms with Crippen LogP contribution in [0, 0.1) is 11.3 Å². The summed E-state index contributed by atoms with van der Waals surface area (Å²) in [7, 11) is -2.76. The number of methoxy groups -OCH3 is 1. The van der Waals surface area contributed by atoms with Crippen LogP contribution in [0.25, 0.3) is 0 Å². The molecule has 1 aliphatic rings. The lowest BCUT2D eigenvalue weighted by Gasteiger charge is -2.41. The molecule has 1 saturated heterocycles. The van der Waals surface area contributed by atoms with Gasteiger partial charge in [0.2, 0.25) is 5.91 Å². The average molecular weight is 499 g/mol. The van der Waals surface area contributed by atoms with Crippen molar-refractivity contribution in [3.8, 4) is 0 Å². The van der Waals surface area contributed by atoms with E-state index in [0.29, 0.717) is 6.42 Å². The van der Waals surface area contributed by atoms with Gasteiger partial charge in [-0.1, -0.05) is 58.0 Å². The first-order valence-corrected chi connectivity index (χ1v) is 12.8. The molecular weight excluding hydrogens is 463 g/mol. The minimum atomic E-state index is -4.02. The molecule has 1 unspecified atom stereocenters. The zero-order valence-electron chi connectivity index (χ0n) is 20.4. The van der Waals surface area contributed by atoms with E-state index in [1.807, 2.05) is 30.3 Å². The lowest BCUT2D eigenvalue weighted by molar-refractivity contribution is -0.147. The SMILES string of the molecule is COC(=O)CCNC(=O)[C@@H]1OP(=O)(N[C@H](C(=O)OCCc2ccccc2)C(C)C)OCC1(C)C. The number of nitrogens with one attached hydrogen (secondary N) is 2. The Labute approximate surface area is 200 Å². The van der Waals surface area contributed by atoms with E-state index in [0.717, 1.165) is 5.56 Å². The van der Waals surface area contributed by atoms with Crippen molar-refractivity contribution in [1.82, 2.24) is 10.4 Å². The van der Waals surface area contributed by atoms with Gasteiger partial charge in [-0.15, -0.1) is 0 Å². The predicted octanol–water partition coefficient (Wildman–Crippen LogP) is 2.62. The Kier molecular flexibility index (Phi) is 10.2. The van der Waals surface area contributed by atoms with Crippen molar-refractivity contribution < 1.29 is 37.5 Å². The van der Waals surface area contributed by atoms with Crippen molar-refractivity contribution in [1.29, 1.82) is 0 Å². The normalized spacial score (nSPS) is 22.6. The van der Waals surface area contributed by atoms with Crippen LogP contribution in [0.1, 0.15) is 39.7 Å². The van der Waals surface area contributed by atoms with Crippen LogP contribution < -0.4 is 10.4 Å². The monoisotopic (exact) mass is 498 g/mol. The van der Waals surface area contributed by atoms with Gasteiger partial charge in [0.05, 0.1) is 26.7 Å². The lowest BCUT2D eigenvalue weighted by Crippen LogP contribution is -2.52. The van der Waals surface area contributed by atoms with E-state index in [9.17, 15) is 18.9 Å². The summed E-state index contributed by atoms with van der Waals surface area (Å²) >= 11 is 0. The largest absolute Gasteiger partial charge is 0.469 e. The summed E-state index contributed by atoms with van der Waals surface area (Å²) < 4.78 is 34.4. The Morgan fingerprint density at radius 1 is 1.21 bits per heavy atom. The van der Waals surface area contributed by atoms with Crippen LogP contribution in [-0.2, 0) is 43.9 Å². The average Bonchev–Trinajstić information content (AvgIpc) is 2.79. The highest BCUT2D eigenvalue weighted by Crippen LogP contribution is 2.53. The third kappa shape index (κ3) is 8.20. The second kappa shape index (κ2) is 12.4. The first-order chi connectivity index (χ1) is 16.0. The van der Waals surface area contributed by atoms with E-state index in [-0.39, 0.29) is 32.1 Å². The zero-order chi connectivity index (χ0) is 25.4. The van der Waals surface area contributed by atoms with Crippen LogP contribution in [0.3, 0.4) is 0 Å². The number of hydrogen-bond acceptors (Lipinski definition) is 8. The third-order valence-corrected chi connectivity index (χ3v) is 6.90. The molecule has 0 aromatic heterocycles. The molecule has 1 heterocycles. The van der Waals surface area contributed by atoms with Gasteiger partial charge in [-0.3, -0.25) is 23.4 Å². The van der Waals surface area contributed by atoms with E-state index in [4.69, 9.17) is 13.8 Å². The van der Waals surface area contributed by atoms with Crippen LogP contribution in [0.5, 0.6) is 0 Å². The molecule has 3 atom stereocenters. The summed E-state index contributed by atoms with van der Waals surface area (Å²) in [4.78, 5) is 36.7. The third-order valence-electron chi connectivity index (χ3n) is 5.35. The molecule has 1 aromatic carbocycles. The number of amides is 1. The smallest absolute Gasteiger partial charge is 0.407 e. The van der Waals surface area contributed by atoms with E-state index in [1.54, 1.807) is 27.7 Å². The van der Waals surface area contributed by atoms with Crippen molar-refractivity contribution in [3.05, 3.63) is 35.9 Å². The fourth-order valence-electron chi connectivity index (χ4n) is 3.24. The molecule has 2 rings (SSSR count). The molecule has 1 amide bonds. The molecule has 10 nitrogen and oxygen atoms in total. The molecule has 1 aliphatic heterocycles. The van der Waals surface area contributed by atoms with E-state index >= 15 is 0 Å². The number of carbonyl (C=O) groups is 3. The molecule has 0 spiro atoms. The summed E-state index contributed by atoms with van der Waals surface area (Å²) in [6.07, 6.45) is -0.588. The summed E-state index contributed by atoms with van der Waals surface area (Å²) in [5, 5.41) is 5.26. The summed E-state index contributed by atoms with van der Waals surface area (Å²) in [5.41, 5.74) is 0.230. The summed E-state index contributed by atoms with van der Waals surface area (Å²) in [6.45, 7) is 7.18. The number of carbonyl (C=O) groups excluding carboxylic acids is 3. The number of esters is 2. The highest BCUT2D eigenvalue weighted by Gasteiger charge is 2.49. The van der Waals surface area contributed by atoms with Crippen LogP contribution >= 0.6 is 7.75 Å². The van der Waals surface area contributed by atoms with Crippen LogP contribution in [-0.4, -0.2) is 56.9 Å². The van der Waals surface area contributed by atoms with Crippen molar-refractivity contribution in [2.24, 2.45) is 11.3 Å². The molecule has 2 N–H and O–H groups in total. The minimum absolute atomic E-state index is 0.00789. The second-order valence-electron chi connectivity index (χ2n) is 9.12. The first-order valence-electron chi connectivity index (χ1n) is 11.2. The molecule has 1 fully saturated rings. The topological polar surface area (TPSA) is 129 Å².